The lowest BCUT2D eigenvalue weighted by atomic mass is 10.0. The average Bonchev–Trinajstić information content (AvgIpc) is 3.16. The minimum atomic E-state index is -3.95. The Morgan fingerprint density at radius 2 is 1.71 bits per heavy atom. The smallest absolute Gasteiger partial charge is 0.244 e. The number of amides is 1. The quantitative estimate of drug-likeness (QED) is 0.661. The summed E-state index contributed by atoms with van der Waals surface area (Å²) in [5, 5.41) is 0.609. The first kappa shape index (κ1) is 21.1. The zero-order chi connectivity index (χ0) is 20.5. The van der Waals surface area contributed by atoms with Crippen LogP contribution < -0.4 is 0 Å². The van der Waals surface area contributed by atoms with Gasteiger partial charge in [-0.1, -0.05) is 42.1 Å². The van der Waals surface area contributed by atoms with E-state index in [2.05, 4.69) is 0 Å². The van der Waals surface area contributed by atoms with Gasteiger partial charge in [0.1, 0.15) is 5.82 Å². The van der Waals surface area contributed by atoms with Crippen molar-refractivity contribution >= 4 is 38.9 Å². The molecule has 1 amide bonds. The van der Waals surface area contributed by atoms with Crippen LogP contribution in [0.2, 0.25) is 10.0 Å². The van der Waals surface area contributed by atoms with Gasteiger partial charge >= 0.3 is 0 Å². The molecule has 28 heavy (non-hydrogen) atoms. The molecular formula is C20H20Cl2FNO3S. The van der Waals surface area contributed by atoms with Crippen molar-refractivity contribution in [1.82, 2.24) is 4.90 Å². The fraction of sp³-hybridized carbons (Fsp3) is 0.350. The molecular weight excluding hydrogens is 424 g/mol. The van der Waals surface area contributed by atoms with Crippen molar-refractivity contribution in [2.75, 3.05) is 7.05 Å². The molecule has 0 aliphatic heterocycles. The molecule has 1 saturated carbocycles. The van der Waals surface area contributed by atoms with Crippen LogP contribution in [-0.4, -0.2) is 31.0 Å². The van der Waals surface area contributed by atoms with Crippen molar-refractivity contribution in [3.63, 3.8) is 0 Å². The van der Waals surface area contributed by atoms with Crippen LogP contribution in [-0.2, 0) is 21.2 Å². The molecule has 0 aromatic heterocycles. The largest absolute Gasteiger partial charge is 0.340 e. The Morgan fingerprint density at radius 3 is 2.29 bits per heavy atom. The number of carbonyl (C=O) groups excluding carboxylic acids is 1. The van der Waals surface area contributed by atoms with E-state index in [4.69, 9.17) is 23.2 Å². The topological polar surface area (TPSA) is 54.5 Å². The number of hydrogen-bond donors (Lipinski definition) is 0. The van der Waals surface area contributed by atoms with Crippen molar-refractivity contribution in [3.8, 4) is 0 Å². The fourth-order valence-electron chi connectivity index (χ4n) is 3.72. The average molecular weight is 444 g/mol. The van der Waals surface area contributed by atoms with Crippen LogP contribution in [0, 0.1) is 5.82 Å². The summed E-state index contributed by atoms with van der Waals surface area (Å²) in [5.41, 5.74) is 0.164. The molecule has 2 aromatic carbocycles. The van der Waals surface area contributed by atoms with E-state index in [-0.39, 0.29) is 34.9 Å². The Hall–Kier alpha value is -1.63. The van der Waals surface area contributed by atoms with Crippen LogP contribution in [0.15, 0.2) is 47.4 Å². The molecule has 1 fully saturated rings. The van der Waals surface area contributed by atoms with E-state index in [9.17, 15) is 17.6 Å². The van der Waals surface area contributed by atoms with E-state index in [0.717, 1.165) is 0 Å². The second-order valence-corrected chi connectivity index (χ2v) is 10.1. The highest BCUT2D eigenvalue weighted by molar-refractivity contribution is 7.93. The van der Waals surface area contributed by atoms with Gasteiger partial charge in [-0.15, -0.1) is 0 Å². The minimum absolute atomic E-state index is 0.0597. The maximum Gasteiger partial charge on any atom is 0.244 e. The monoisotopic (exact) mass is 443 g/mol. The molecule has 3 rings (SSSR count). The Morgan fingerprint density at radius 1 is 1.11 bits per heavy atom. The lowest BCUT2D eigenvalue weighted by Gasteiger charge is -2.32. The van der Waals surface area contributed by atoms with Gasteiger partial charge in [0.25, 0.3) is 0 Å². The fourth-order valence-corrected chi connectivity index (χ4v) is 6.23. The molecule has 0 spiro atoms. The molecule has 0 N–H and O–H groups in total. The van der Waals surface area contributed by atoms with Gasteiger partial charge < -0.3 is 4.90 Å². The molecule has 0 bridgehead atoms. The van der Waals surface area contributed by atoms with Gasteiger partial charge in [0, 0.05) is 29.2 Å². The first-order chi connectivity index (χ1) is 13.2. The van der Waals surface area contributed by atoms with Gasteiger partial charge in [0.15, 0.2) is 14.6 Å². The van der Waals surface area contributed by atoms with Crippen molar-refractivity contribution in [1.29, 1.82) is 0 Å². The maximum atomic E-state index is 14.1. The van der Waals surface area contributed by atoms with Crippen molar-refractivity contribution < 1.29 is 17.6 Å². The molecule has 4 nitrogen and oxygen atoms in total. The number of benzene rings is 2. The first-order valence-corrected chi connectivity index (χ1v) is 11.1. The lowest BCUT2D eigenvalue weighted by molar-refractivity contribution is -0.133. The van der Waals surface area contributed by atoms with Gasteiger partial charge in [0.2, 0.25) is 5.91 Å². The third-order valence-corrected chi connectivity index (χ3v) is 8.35. The molecule has 2 aromatic rings. The zero-order valence-corrected chi connectivity index (χ0v) is 17.6. The molecule has 1 aliphatic rings. The van der Waals surface area contributed by atoms with Crippen LogP contribution in [0.1, 0.15) is 31.2 Å². The Balaban J connectivity index is 1.97. The molecule has 0 unspecified atom stereocenters. The van der Waals surface area contributed by atoms with Crippen molar-refractivity contribution in [3.05, 3.63) is 63.9 Å². The van der Waals surface area contributed by atoms with E-state index < -0.39 is 26.3 Å². The van der Waals surface area contributed by atoms with E-state index in [1.165, 1.54) is 54.4 Å². The summed E-state index contributed by atoms with van der Waals surface area (Å²) >= 11 is 11.9. The Bertz CT molecular complexity index is 967. The van der Waals surface area contributed by atoms with E-state index >= 15 is 0 Å². The standard InChI is InChI=1S/C20H20Cl2FNO3S/c1-24(13-16-17(22)5-4-6-18(16)23)19(25)20(11-2-3-12-20)28(26,27)15-9-7-14(21)8-10-15/h4-10H,2-3,11-13H2,1H3. The third kappa shape index (κ3) is 3.65. The second kappa shape index (κ2) is 8.01. The van der Waals surface area contributed by atoms with Crippen LogP contribution in [0.25, 0.3) is 0 Å². The number of sulfone groups is 1. The second-order valence-electron chi connectivity index (χ2n) is 7.02. The summed E-state index contributed by atoms with van der Waals surface area (Å²) < 4.78 is 39.4. The predicted molar refractivity (Wildman–Crippen MR) is 108 cm³/mol. The summed E-state index contributed by atoms with van der Waals surface area (Å²) in [7, 11) is -2.48. The number of carbonyl (C=O) groups is 1. The van der Waals surface area contributed by atoms with Crippen molar-refractivity contribution in [2.24, 2.45) is 0 Å². The summed E-state index contributed by atoms with van der Waals surface area (Å²) in [6.07, 6.45) is 1.72. The zero-order valence-electron chi connectivity index (χ0n) is 15.3. The van der Waals surface area contributed by atoms with Crippen LogP contribution in [0.4, 0.5) is 4.39 Å². The number of halogens is 3. The number of nitrogens with zero attached hydrogens (tertiary/aromatic N) is 1. The summed E-state index contributed by atoms with van der Waals surface area (Å²) in [4.78, 5) is 14.6. The number of rotatable bonds is 5. The molecule has 1 aliphatic carbocycles. The third-order valence-electron chi connectivity index (χ3n) is 5.24. The van der Waals surface area contributed by atoms with Crippen LogP contribution in [0.5, 0.6) is 0 Å². The lowest BCUT2D eigenvalue weighted by Crippen LogP contribution is -2.51. The molecule has 0 radical (unpaired) electrons. The van der Waals surface area contributed by atoms with Gasteiger partial charge in [-0.2, -0.15) is 0 Å². The molecule has 0 saturated heterocycles. The summed E-state index contributed by atoms with van der Waals surface area (Å²) in [5.74, 6) is -1.08. The van der Waals surface area contributed by atoms with E-state index in [1.807, 2.05) is 0 Å². The van der Waals surface area contributed by atoms with Gasteiger partial charge in [-0.3, -0.25) is 4.79 Å². The van der Waals surface area contributed by atoms with Gasteiger partial charge in [-0.05, 0) is 49.2 Å². The Kier molecular flexibility index (Phi) is 6.03. The Labute approximate surface area is 174 Å². The minimum Gasteiger partial charge on any atom is -0.340 e. The summed E-state index contributed by atoms with van der Waals surface area (Å²) in [6, 6.07) is 10.1. The van der Waals surface area contributed by atoms with Gasteiger partial charge in [-0.25, -0.2) is 12.8 Å². The molecule has 0 atom stereocenters. The highest BCUT2D eigenvalue weighted by Crippen LogP contribution is 2.42. The number of hydrogen-bond acceptors (Lipinski definition) is 3. The molecule has 0 heterocycles. The summed E-state index contributed by atoms with van der Waals surface area (Å²) in [6.45, 7) is -0.109. The highest BCUT2D eigenvalue weighted by Gasteiger charge is 2.54. The first-order valence-electron chi connectivity index (χ1n) is 8.88. The van der Waals surface area contributed by atoms with E-state index in [0.29, 0.717) is 17.9 Å². The molecule has 8 heteroatoms. The van der Waals surface area contributed by atoms with Gasteiger partial charge in [0.05, 0.1) is 4.90 Å². The van der Waals surface area contributed by atoms with Crippen LogP contribution in [0.3, 0.4) is 0 Å². The van der Waals surface area contributed by atoms with E-state index in [1.54, 1.807) is 0 Å². The highest BCUT2D eigenvalue weighted by atomic mass is 35.5. The SMILES string of the molecule is CN(Cc1c(F)cccc1Cl)C(=O)C1(S(=O)(=O)c2ccc(Cl)cc2)CCCC1. The van der Waals surface area contributed by atoms with Crippen LogP contribution >= 0.6 is 23.2 Å². The predicted octanol–water partition coefficient (Wildman–Crippen LogP) is 4.88. The molecule has 150 valence electrons. The maximum absolute atomic E-state index is 14.1. The normalized spacial score (nSPS) is 16.1. The van der Waals surface area contributed by atoms with Crippen molar-refractivity contribution in [2.45, 2.75) is 41.9 Å².